The number of hydrogen-bond donors (Lipinski definition) is 1. The molecule has 3 nitrogen and oxygen atoms in total. The maximum atomic E-state index is 12.9. The van der Waals surface area contributed by atoms with Crippen molar-refractivity contribution in [2.45, 2.75) is 9.79 Å². The van der Waals surface area contributed by atoms with E-state index in [0.29, 0.717) is 15.4 Å². The molecule has 0 aliphatic carbocycles. The molecule has 0 bridgehead atoms. The number of rotatable bonds is 4. The number of aliphatic carboxylic acids is 1. The number of carboxylic acids is 1. The molecule has 0 heterocycles. The van der Waals surface area contributed by atoms with E-state index in [-0.39, 0.29) is 0 Å². The van der Waals surface area contributed by atoms with Gasteiger partial charge in [-0.2, -0.15) is 0 Å². The fourth-order valence-corrected chi connectivity index (χ4v) is 3.59. The lowest BCUT2D eigenvalue weighted by Gasteiger charge is -2.12. The molecule has 0 amide bonds. The molecule has 0 saturated carbocycles. The molecule has 0 aliphatic heterocycles. The molecule has 4 heteroatoms. The molecular weight excluding hydrogens is 308 g/mol. The predicted octanol–water partition coefficient (Wildman–Crippen LogP) is 4.10. The van der Waals surface area contributed by atoms with Crippen LogP contribution in [0, 0.1) is 0 Å². The molecule has 3 aromatic carbocycles. The Bertz CT molecular complexity index is 886. The van der Waals surface area contributed by atoms with Crippen LogP contribution in [-0.4, -0.2) is 15.6 Å². The van der Waals surface area contributed by atoms with Gasteiger partial charge in [0.15, 0.2) is 9.79 Å². The Morgan fingerprint density at radius 2 is 1.65 bits per heavy atom. The van der Waals surface area contributed by atoms with Crippen LogP contribution in [0.2, 0.25) is 0 Å². The van der Waals surface area contributed by atoms with E-state index in [0.717, 1.165) is 16.8 Å². The summed E-state index contributed by atoms with van der Waals surface area (Å²) in [7, 11) is 0. The molecule has 1 unspecified atom stereocenters. The van der Waals surface area contributed by atoms with Crippen molar-refractivity contribution >= 4 is 34.0 Å². The van der Waals surface area contributed by atoms with Crippen LogP contribution in [0.1, 0.15) is 5.56 Å². The third-order valence-electron chi connectivity index (χ3n) is 3.46. The fraction of sp³-hybridized carbons (Fsp3) is 0. The van der Waals surface area contributed by atoms with E-state index in [9.17, 15) is 9.35 Å². The van der Waals surface area contributed by atoms with Crippen LogP contribution >= 0.6 is 0 Å². The second-order valence-corrected chi connectivity index (χ2v) is 6.44. The largest absolute Gasteiger partial charge is 0.606 e. The van der Waals surface area contributed by atoms with E-state index in [1.54, 1.807) is 24.3 Å². The first-order chi connectivity index (χ1) is 11.1. The average molecular weight is 322 g/mol. The topological polar surface area (TPSA) is 60.4 Å². The first kappa shape index (κ1) is 15.3. The standard InChI is InChI=1S/C19H14O3S/c20-19(21)12-10-15-6-3-4-8-18(15)23(22)17-11-9-14-5-1-2-7-16(14)13-17/h1-13H,(H,20,21). The predicted molar refractivity (Wildman–Crippen MR) is 91.7 cm³/mol. The Morgan fingerprint density at radius 3 is 2.43 bits per heavy atom. The number of hydrogen-bond acceptors (Lipinski definition) is 2. The molecule has 0 saturated heterocycles. The van der Waals surface area contributed by atoms with Gasteiger partial charge in [-0.1, -0.05) is 36.4 Å². The third-order valence-corrected chi connectivity index (χ3v) is 4.91. The second-order valence-electron chi connectivity index (χ2n) is 4.99. The van der Waals surface area contributed by atoms with Crippen molar-refractivity contribution in [1.82, 2.24) is 0 Å². The lowest BCUT2D eigenvalue weighted by atomic mass is 10.1. The van der Waals surface area contributed by atoms with Crippen LogP contribution in [-0.2, 0) is 16.0 Å². The van der Waals surface area contributed by atoms with Gasteiger partial charge in [-0.3, -0.25) is 0 Å². The Morgan fingerprint density at radius 1 is 0.957 bits per heavy atom. The minimum absolute atomic E-state index is 0.597. The quantitative estimate of drug-likeness (QED) is 0.581. The molecule has 0 radical (unpaired) electrons. The third kappa shape index (κ3) is 3.44. The number of carboxylic acid groups (broad SMARTS) is 1. The van der Waals surface area contributed by atoms with Crippen molar-refractivity contribution < 1.29 is 14.5 Å². The lowest BCUT2D eigenvalue weighted by Crippen LogP contribution is -2.04. The highest BCUT2D eigenvalue weighted by atomic mass is 32.2. The van der Waals surface area contributed by atoms with Crippen LogP contribution in [0.5, 0.6) is 0 Å². The molecule has 0 aromatic heterocycles. The van der Waals surface area contributed by atoms with E-state index in [1.807, 2.05) is 42.5 Å². The van der Waals surface area contributed by atoms with Gasteiger partial charge >= 0.3 is 5.97 Å². The minimum Gasteiger partial charge on any atom is -0.606 e. The summed E-state index contributed by atoms with van der Waals surface area (Å²) in [4.78, 5) is 12.0. The first-order valence-electron chi connectivity index (χ1n) is 7.06. The number of fused-ring (bicyclic) bond motifs is 1. The highest BCUT2D eigenvalue weighted by molar-refractivity contribution is 7.91. The Labute approximate surface area is 137 Å². The summed E-state index contributed by atoms with van der Waals surface area (Å²) in [5.41, 5.74) is 0.640. The monoisotopic (exact) mass is 322 g/mol. The Hall–Kier alpha value is -2.56. The van der Waals surface area contributed by atoms with Crippen molar-refractivity contribution in [3.8, 4) is 0 Å². The summed E-state index contributed by atoms with van der Waals surface area (Å²) >= 11 is -1.37. The van der Waals surface area contributed by atoms with Gasteiger partial charge in [0.2, 0.25) is 0 Å². The molecule has 23 heavy (non-hydrogen) atoms. The van der Waals surface area contributed by atoms with Gasteiger partial charge in [-0.25, -0.2) is 4.79 Å². The van der Waals surface area contributed by atoms with Crippen molar-refractivity contribution in [3.63, 3.8) is 0 Å². The Balaban J connectivity index is 2.01. The van der Waals surface area contributed by atoms with Gasteiger partial charge in [0.1, 0.15) is 0 Å². The van der Waals surface area contributed by atoms with Crippen LogP contribution in [0.25, 0.3) is 16.8 Å². The van der Waals surface area contributed by atoms with Crippen LogP contribution in [0.4, 0.5) is 0 Å². The van der Waals surface area contributed by atoms with Gasteiger partial charge in [0.25, 0.3) is 0 Å². The van der Waals surface area contributed by atoms with Gasteiger partial charge in [0.05, 0.1) is 0 Å². The molecular formula is C19H14O3S. The molecule has 0 aliphatic rings. The zero-order valence-electron chi connectivity index (χ0n) is 12.2. The van der Waals surface area contributed by atoms with E-state index in [1.165, 1.54) is 6.08 Å². The normalized spacial score (nSPS) is 12.6. The average Bonchev–Trinajstić information content (AvgIpc) is 2.59. The van der Waals surface area contributed by atoms with Crippen molar-refractivity contribution in [3.05, 3.63) is 78.4 Å². The summed E-state index contributed by atoms with van der Waals surface area (Å²) in [6, 6.07) is 20.7. The first-order valence-corrected chi connectivity index (χ1v) is 8.21. The minimum atomic E-state index is -1.37. The molecule has 1 N–H and O–H groups in total. The van der Waals surface area contributed by atoms with Crippen LogP contribution in [0.3, 0.4) is 0 Å². The smallest absolute Gasteiger partial charge is 0.328 e. The zero-order valence-corrected chi connectivity index (χ0v) is 13.0. The number of carbonyl (C=O) groups is 1. The van der Waals surface area contributed by atoms with Gasteiger partial charge in [-0.15, -0.1) is 0 Å². The van der Waals surface area contributed by atoms with Crippen LogP contribution in [0.15, 0.2) is 82.6 Å². The molecule has 114 valence electrons. The van der Waals surface area contributed by atoms with Gasteiger partial charge in [0, 0.05) is 28.9 Å². The van der Waals surface area contributed by atoms with E-state index >= 15 is 0 Å². The summed E-state index contributed by atoms with van der Waals surface area (Å²) in [6.45, 7) is 0. The molecule has 3 rings (SSSR count). The van der Waals surface area contributed by atoms with Crippen LogP contribution < -0.4 is 0 Å². The SMILES string of the molecule is O=C(O)C=Cc1ccccc1[S+]([O-])c1ccc2ccccc2c1. The van der Waals surface area contributed by atoms with E-state index < -0.39 is 17.1 Å². The second kappa shape index (κ2) is 6.69. The number of benzene rings is 3. The summed E-state index contributed by atoms with van der Waals surface area (Å²) in [5, 5.41) is 10.9. The van der Waals surface area contributed by atoms with E-state index in [4.69, 9.17) is 5.11 Å². The maximum absolute atomic E-state index is 12.9. The highest BCUT2D eigenvalue weighted by Gasteiger charge is 2.18. The fourth-order valence-electron chi connectivity index (χ4n) is 2.36. The molecule has 0 fully saturated rings. The lowest BCUT2D eigenvalue weighted by molar-refractivity contribution is -0.131. The molecule has 0 spiro atoms. The molecule has 1 atom stereocenters. The summed E-state index contributed by atoms with van der Waals surface area (Å²) in [6.07, 6.45) is 2.52. The Kier molecular flexibility index (Phi) is 4.46. The van der Waals surface area contributed by atoms with E-state index in [2.05, 4.69) is 0 Å². The summed E-state index contributed by atoms with van der Waals surface area (Å²) < 4.78 is 12.9. The van der Waals surface area contributed by atoms with Crippen molar-refractivity contribution in [2.75, 3.05) is 0 Å². The maximum Gasteiger partial charge on any atom is 0.328 e. The van der Waals surface area contributed by atoms with Crippen molar-refractivity contribution in [1.29, 1.82) is 0 Å². The van der Waals surface area contributed by atoms with Gasteiger partial charge < -0.3 is 9.66 Å². The van der Waals surface area contributed by atoms with Crippen molar-refractivity contribution in [2.24, 2.45) is 0 Å². The van der Waals surface area contributed by atoms with Gasteiger partial charge in [-0.05, 0) is 41.1 Å². The summed E-state index contributed by atoms with van der Waals surface area (Å²) in [5.74, 6) is -1.03. The molecule has 3 aromatic rings. The zero-order chi connectivity index (χ0) is 16.2. The highest BCUT2D eigenvalue weighted by Crippen LogP contribution is 2.27.